The lowest BCUT2D eigenvalue weighted by atomic mass is 9.53. The molecule has 2 saturated heterocycles. The average Bonchev–Trinajstić information content (AvgIpc) is 3.27. The summed E-state index contributed by atoms with van der Waals surface area (Å²) >= 11 is 0. The van der Waals surface area contributed by atoms with E-state index < -0.39 is 0 Å². The highest BCUT2D eigenvalue weighted by atomic mass is 16.6. The Morgan fingerprint density at radius 3 is 2.68 bits per heavy atom. The van der Waals surface area contributed by atoms with Crippen LogP contribution in [0.2, 0.25) is 0 Å². The molecule has 6 atom stereocenters. The van der Waals surface area contributed by atoms with Crippen LogP contribution in [-0.2, 0) is 27.4 Å². The largest absolute Gasteiger partial charge is 0.497 e. The van der Waals surface area contributed by atoms with Crippen LogP contribution in [0.5, 0.6) is 5.75 Å². The Kier molecular flexibility index (Phi) is 5.49. The summed E-state index contributed by atoms with van der Waals surface area (Å²) in [6, 6.07) is 12.1. The number of carbonyl (C=O) groups excluding carboxylic acids is 1. The fourth-order valence-electron chi connectivity index (χ4n) is 7.24. The van der Waals surface area contributed by atoms with Gasteiger partial charge in [0.1, 0.15) is 17.6 Å². The monoisotopic (exact) mass is 465 g/mol. The molecule has 1 aromatic carbocycles. The Hall–Kier alpha value is -2.31. The number of hydrogen-bond acceptors (Lipinski definition) is 6. The zero-order valence-electron chi connectivity index (χ0n) is 20.2. The third-order valence-electron chi connectivity index (χ3n) is 9.06. The second-order valence-corrected chi connectivity index (χ2v) is 11.2. The zero-order chi connectivity index (χ0) is 23.3. The average molecular weight is 466 g/mol. The van der Waals surface area contributed by atoms with Crippen molar-refractivity contribution in [3.63, 3.8) is 0 Å². The van der Waals surface area contributed by atoms with E-state index in [2.05, 4.69) is 24.0 Å². The summed E-state index contributed by atoms with van der Waals surface area (Å²) in [5.74, 6) is 2.41. The van der Waals surface area contributed by atoms with Crippen molar-refractivity contribution in [3.8, 4) is 5.75 Å². The molecular formula is C28H35NO5. The molecule has 0 N–H and O–H groups in total. The molecule has 2 aliphatic carbocycles. The van der Waals surface area contributed by atoms with Gasteiger partial charge in [-0.15, -0.1) is 0 Å². The Labute approximate surface area is 201 Å². The summed E-state index contributed by atoms with van der Waals surface area (Å²) in [4.78, 5) is 15.5. The Bertz CT molecular complexity index is 1010. The van der Waals surface area contributed by atoms with Crippen LogP contribution in [0, 0.1) is 23.2 Å². The quantitative estimate of drug-likeness (QED) is 0.432. The number of esters is 1. The highest BCUT2D eigenvalue weighted by molar-refractivity contribution is 5.75. The van der Waals surface area contributed by atoms with E-state index in [9.17, 15) is 4.79 Å². The zero-order valence-corrected chi connectivity index (χ0v) is 20.2. The van der Waals surface area contributed by atoms with Crippen molar-refractivity contribution in [2.45, 2.75) is 63.8 Å². The van der Waals surface area contributed by atoms with Gasteiger partial charge < -0.3 is 18.6 Å². The topological polar surface area (TPSA) is 64.4 Å². The number of methoxy groups -OCH3 is 1. The van der Waals surface area contributed by atoms with Gasteiger partial charge in [0.15, 0.2) is 0 Å². The predicted octanol–water partition coefficient (Wildman–Crippen LogP) is 4.82. The third-order valence-corrected chi connectivity index (χ3v) is 9.06. The normalized spacial score (nSPS) is 36.3. The van der Waals surface area contributed by atoms with Crippen molar-refractivity contribution in [3.05, 3.63) is 54.0 Å². The summed E-state index contributed by atoms with van der Waals surface area (Å²) in [6.07, 6.45) is 7.38. The van der Waals surface area contributed by atoms with Gasteiger partial charge in [-0.3, -0.25) is 9.69 Å². The third kappa shape index (κ3) is 3.95. The van der Waals surface area contributed by atoms with Gasteiger partial charge in [0.25, 0.3) is 0 Å². The smallest absolute Gasteiger partial charge is 0.310 e. The summed E-state index contributed by atoms with van der Waals surface area (Å²) in [5.41, 5.74) is 1.48. The fraction of sp³-hybridized carbons (Fsp3) is 0.607. The first-order valence-electron chi connectivity index (χ1n) is 12.7. The highest BCUT2D eigenvalue weighted by Gasteiger charge is 2.65. The van der Waals surface area contributed by atoms with Gasteiger partial charge >= 0.3 is 5.97 Å². The van der Waals surface area contributed by atoms with Crippen LogP contribution in [0.1, 0.15) is 50.4 Å². The number of epoxide rings is 1. The van der Waals surface area contributed by atoms with Gasteiger partial charge in [-0.2, -0.15) is 0 Å². The van der Waals surface area contributed by atoms with Gasteiger partial charge in [0.2, 0.25) is 0 Å². The summed E-state index contributed by atoms with van der Waals surface area (Å²) in [5, 5.41) is 0. The van der Waals surface area contributed by atoms with Gasteiger partial charge in [0.05, 0.1) is 38.0 Å². The molecule has 1 spiro atoms. The molecule has 2 saturated carbocycles. The minimum atomic E-state index is -0.111. The van der Waals surface area contributed by atoms with Gasteiger partial charge in [-0.25, -0.2) is 0 Å². The summed E-state index contributed by atoms with van der Waals surface area (Å²) in [7, 11) is 1.68. The van der Waals surface area contributed by atoms with Crippen LogP contribution in [0.3, 0.4) is 0 Å². The highest BCUT2D eigenvalue weighted by Crippen LogP contribution is 2.62. The van der Waals surface area contributed by atoms with E-state index in [-0.39, 0.29) is 34.9 Å². The molecule has 0 amide bonds. The molecule has 6 nitrogen and oxygen atoms in total. The van der Waals surface area contributed by atoms with E-state index in [1.165, 1.54) is 24.8 Å². The lowest BCUT2D eigenvalue weighted by molar-refractivity contribution is -0.147. The maximum Gasteiger partial charge on any atom is 0.310 e. The predicted molar refractivity (Wildman–Crippen MR) is 126 cm³/mol. The number of benzene rings is 1. The molecule has 4 aliphatic rings. The molecule has 2 unspecified atom stereocenters. The van der Waals surface area contributed by atoms with Crippen molar-refractivity contribution >= 4 is 5.97 Å². The number of ether oxygens (including phenoxy) is 3. The Balaban J connectivity index is 1.22. The molecule has 6 rings (SSSR count). The molecule has 4 fully saturated rings. The number of hydrogen-bond donors (Lipinski definition) is 0. The number of nitrogens with zero attached hydrogens (tertiary/aromatic N) is 1. The van der Waals surface area contributed by atoms with Crippen LogP contribution in [0.4, 0.5) is 0 Å². The number of fused-ring (bicyclic) bond motifs is 3. The van der Waals surface area contributed by atoms with Crippen LogP contribution in [0.15, 0.2) is 47.1 Å². The first kappa shape index (κ1) is 22.2. The summed E-state index contributed by atoms with van der Waals surface area (Å²) in [6.45, 7) is 5.37. The number of rotatable bonds is 7. The Morgan fingerprint density at radius 2 is 1.97 bits per heavy atom. The van der Waals surface area contributed by atoms with E-state index >= 15 is 0 Å². The molecule has 0 bridgehead atoms. The lowest BCUT2D eigenvalue weighted by Gasteiger charge is -2.51. The minimum Gasteiger partial charge on any atom is -0.497 e. The van der Waals surface area contributed by atoms with Crippen LogP contribution in [-0.4, -0.2) is 42.8 Å². The second-order valence-electron chi connectivity index (χ2n) is 11.2. The molecule has 182 valence electrons. The van der Waals surface area contributed by atoms with E-state index in [1.807, 2.05) is 24.3 Å². The standard InChI is InChI=1S/C28H35NO5/c1-27-10-4-11-28(18-33-28)25(27)13-22-23(26(30)34-24(22)14-27)17-29(16-21-5-3-12-32-21)15-19-6-8-20(31-2)9-7-19/h3,5-9,12,22-25H,4,10-11,13-18H2,1-2H3/t22-,23?,24-,25-,27-,28?/m1/s1. The maximum absolute atomic E-state index is 13.2. The van der Waals surface area contributed by atoms with Crippen LogP contribution >= 0.6 is 0 Å². The molecule has 34 heavy (non-hydrogen) atoms. The maximum atomic E-state index is 13.2. The first-order valence-corrected chi connectivity index (χ1v) is 12.7. The van der Waals surface area contributed by atoms with Crippen LogP contribution in [0.25, 0.3) is 0 Å². The first-order chi connectivity index (χ1) is 16.5. The van der Waals surface area contributed by atoms with Crippen molar-refractivity contribution in [2.75, 3.05) is 20.3 Å². The molecule has 0 radical (unpaired) electrons. The molecule has 2 aromatic rings. The lowest BCUT2D eigenvalue weighted by Crippen LogP contribution is -2.51. The molecule has 3 heterocycles. The number of carbonyl (C=O) groups is 1. The summed E-state index contributed by atoms with van der Waals surface area (Å²) < 4.78 is 23.1. The second kappa shape index (κ2) is 8.42. The van der Waals surface area contributed by atoms with Crippen molar-refractivity contribution < 1.29 is 23.4 Å². The molecule has 2 aliphatic heterocycles. The molecule has 6 heteroatoms. The van der Waals surface area contributed by atoms with E-state index in [0.717, 1.165) is 37.5 Å². The van der Waals surface area contributed by atoms with Gasteiger partial charge in [-0.05, 0) is 73.3 Å². The Morgan fingerprint density at radius 1 is 1.15 bits per heavy atom. The fourth-order valence-corrected chi connectivity index (χ4v) is 7.24. The van der Waals surface area contributed by atoms with E-state index in [1.54, 1.807) is 13.4 Å². The van der Waals surface area contributed by atoms with Gasteiger partial charge in [0, 0.05) is 19.0 Å². The van der Waals surface area contributed by atoms with E-state index in [4.69, 9.17) is 18.6 Å². The van der Waals surface area contributed by atoms with Crippen molar-refractivity contribution in [1.29, 1.82) is 0 Å². The molecular weight excluding hydrogens is 430 g/mol. The SMILES string of the molecule is COc1ccc(CN(Cc2ccco2)CC2C(=O)O[C@@H]3C[C@@]4(C)CCCC5(CO5)[C@@H]4C[C@H]23)cc1. The van der Waals surface area contributed by atoms with Crippen LogP contribution < -0.4 is 4.74 Å². The van der Waals surface area contributed by atoms with Crippen molar-refractivity contribution in [1.82, 2.24) is 4.90 Å². The van der Waals surface area contributed by atoms with Crippen molar-refractivity contribution in [2.24, 2.45) is 23.2 Å². The van der Waals surface area contributed by atoms with Gasteiger partial charge in [-0.1, -0.05) is 19.1 Å². The van der Waals surface area contributed by atoms with E-state index in [0.29, 0.717) is 19.0 Å². The number of furan rings is 1. The molecule has 1 aromatic heterocycles. The minimum absolute atomic E-state index is 0.0258.